The summed E-state index contributed by atoms with van der Waals surface area (Å²) >= 11 is 0. The third kappa shape index (κ3) is 4.58. The van der Waals surface area contributed by atoms with E-state index in [1.54, 1.807) is 6.33 Å². The molecule has 4 aliphatic rings. The summed E-state index contributed by atoms with van der Waals surface area (Å²) in [5, 5.41) is 0. The summed E-state index contributed by atoms with van der Waals surface area (Å²) in [6.45, 7) is -0.343. The minimum Gasteiger partial charge on any atom is -0.311 e. The molecule has 13 rings (SSSR count). The largest absolute Gasteiger partial charge is 0.311 e. The van der Waals surface area contributed by atoms with Gasteiger partial charge in [-0.3, -0.25) is 14.7 Å². The van der Waals surface area contributed by atoms with Gasteiger partial charge >= 0.3 is 0 Å². The van der Waals surface area contributed by atoms with Gasteiger partial charge in [-0.1, -0.05) is 103 Å². The van der Waals surface area contributed by atoms with E-state index in [0.29, 0.717) is 0 Å². The molecule has 0 spiro atoms. The van der Waals surface area contributed by atoms with Crippen molar-refractivity contribution in [1.29, 1.82) is 0 Å². The van der Waals surface area contributed by atoms with Gasteiger partial charge in [0.05, 0.1) is 0 Å². The van der Waals surface area contributed by atoms with Crippen molar-refractivity contribution in [3.8, 4) is 0 Å². The number of anilines is 12. The summed E-state index contributed by atoms with van der Waals surface area (Å²) in [6.07, 6.45) is 5.54. The second kappa shape index (κ2) is 12.8. The highest BCUT2D eigenvalue weighted by Crippen LogP contribution is 2.46. The van der Waals surface area contributed by atoms with Gasteiger partial charge in [-0.25, -0.2) is 19.9 Å². The van der Waals surface area contributed by atoms with Crippen molar-refractivity contribution in [2.75, 3.05) is 19.6 Å². The van der Waals surface area contributed by atoms with Crippen LogP contribution in [0.15, 0.2) is 195 Å². The zero-order chi connectivity index (χ0) is 39.3. The van der Waals surface area contributed by atoms with Gasteiger partial charge in [-0.15, -0.1) is 0 Å². The maximum absolute atomic E-state index is 5.93. The second-order valence-corrected chi connectivity index (χ2v) is 15.5. The molecule has 278 valence electrons. The highest BCUT2D eigenvalue weighted by atomic mass is 15.3. The second-order valence-electron chi connectivity index (χ2n) is 15.5. The lowest BCUT2D eigenvalue weighted by Gasteiger charge is -2.45. The van der Waals surface area contributed by atoms with Crippen molar-refractivity contribution in [2.45, 2.75) is 0 Å². The molecule has 10 heteroatoms. The highest BCUT2D eigenvalue weighted by molar-refractivity contribution is 7.03. The molecule has 0 amide bonds. The average molecular weight is 766 g/mol. The fourth-order valence-corrected chi connectivity index (χ4v) is 10.1. The molecule has 0 N–H and O–H groups in total. The fourth-order valence-electron chi connectivity index (χ4n) is 10.1. The molecule has 0 atom stereocenters. The monoisotopic (exact) mass is 766 g/mol. The number of para-hydroxylation sites is 5. The Morgan fingerprint density at radius 3 is 1.48 bits per heavy atom. The maximum Gasteiger partial charge on any atom is 0.260 e. The zero-order valence-electron chi connectivity index (χ0n) is 32.2. The summed E-state index contributed by atoms with van der Waals surface area (Å²) in [4.78, 5) is 30.1. The minimum absolute atomic E-state index is 0.101. The van der Waals surface area contributed by atoms with Gasteiger partial charge < -0.3 is 4.90 Å². The van der Waals surface area contributed by atoms with Crippen LogP contribution in [0, 0.1) is 0 Å². The van der Waals surface area contributed by atoms with E-state index in [-0.39, 0.29) is 13.4 Å². The third-order valence-electron chi connectivity index (χ3n) is 12.4. The van der Waals surface area contributed by atoms with Crippen molar-refractivity contribution in [3.05, 3.63) is 195 Å². The van der Waals surface area contributed by atoms with Crippen LogP contribution in [0.2, 0.25) is 0 Å². The summed E-state index contributed by atoms with van der Waals surface area (Å²) in [7, 11) is 0. The average Bonchev–Trinajstić information content (AvgIpc) is 3.32. The zero-order valence-corrected chi connectivity index (χ0v) is 32.2. The standard InChI is InChI=1S/C50H32B2N8/c1-5-16-33(17-6-1)57-41-25-14-13-24-37(41)51-38-30-39-49(56-48(38)58(34-18-7-2-8-19-34)43-27-15-26-42(57)45(43)51)59(35-20-9-3-10-21-35)44-28-29-54-50-46(44)52(39)40-31-53-32-55-47(40)60(50)36-22-11-4-12-23-36/h1-32H. The van der Waals surface area contributed by atoms with Gasteiger partial charge in [0.15, 0.2) is 0 Å². The number of hydrogen-bond acceptors (Lipinski definition) is 8. The lowest BCUT2D eigenvalue weighted by atomic mass is 9.31. The number of pyridine rings is 2. The summed E-state index contributed by atoms with van der Waals surface area (Å²) in [5.41, 5.74) is 15.4. The molecule has 7 heterocycles. The van der Waals surface area contributed by atoms with Crippen molar-refractivity contribution >= 4 is 115 Å². The predicted octanol–water partition coefficient (Wildman–Crippen LogP) is 7.43. The summed E-state index contributed by atoms with van der Waals surface area (Å²) in [5.74, 6) is 3.44. The van der Waals surface area contributed by atoms with Crippen LogP contribution in [0.25, 0.3) is 0 Å². The molecule has 60 heavy (non-hydrogen) atoms. The van der Waals surface area contributed by atoms with Gasteiger partial charge in [0.2, 0.25) is 0 Å². The van der Waals surface area contributed by atoms with E-state index in [0.717, 1.165) is 90.6 Å². The molecular weight excluding hydrogens is 734 g/mol. The molecule has 0 radical (unpaired) electrons. The molecule has 0 fully saturated rings. The van der Waals surface area contributed by atoms with E-state index in [2.05, 4.69) is 194 Å². The van der Waals surface area contributed by atoms with E-state index < -0.39 is 0 Å². The fraction of sp³-hybridized carbons (Fsp3) is 0. The molecule has 0 aliphatic carbocycles. The van der Waals surface area contributed by atoms with Crippen LogP contribution in [0.5, 0.6) is 0 Å². The quantitative estimate of drug-likeness (QED) is 0.172. The number of benzene rings is 6. The van der Waals surface area contributed by atoms with Gasteiger partial charge in [-0.05, 0) is 106 Å². The first-order chi connectivity index (χ1) is 29.8. The molecule has 0 bridgehead atoms. The Morgan fingerprint density at radius 1 is 0.350 bits per heavy atom. The first-order valence-electron chi connectivity index (χ1n) is 20.3. The Bertz CT molecular complexity index is 2940. The van der Waals surface area contributed by atoms with E-state index >= 15 is 0 Å². The van der Waals surface area contributed by atoms with Gasteiger partial charge in [0, 0.05) is 57.9 Å². The van der Waals surface area contributed by atoms with Crippen molar-refractivity contribution in [3.63, 3.8) is 0 Å². The Balaban J connectivity index is 1.14. The lowest BCUT2D eigenvalue weighted by Crippen LogP contribution is -2.66. The van der Waals surface area contributed by atoms with E-state index in [1.165, 1.54) is 10.9 Å². The Hall–Kier alpha value is -7.97. The van der Waals surface area contributed by atoms with Crippen LogP contribution < -0.4 is 52.4 Å². The molecule has 4 aliphatic heterocycles. The number of hydrogen-bond donors (Lipinski definition) is 0. The summed E-state index contributed by atoms with van der Waals surface area (Å²) in [6, 6.07) is 62.5. The van der Waals surface area contributed by atoms with Crippen LogP contribution >= 0.6 is 0 Å². The van der Waals surface area contributed by atoms with E-state index in [4.69, 9.17) is 15.0 Å². The Kier molecular flexibility index (Phi) is 7.03. The summed E-state index contributed by atoms with van der Waals surface area (Å²) < 4.78 is 0. The van der Waals surface area contributed by atoms with Gasteiger partial charge in [0.1, 0.15) is 29.6 Å². The first kappa shape index (κ1) is 33.0. The predicted molar refractivity (Wildman–Crippen MR) is 246 cm³/mol. The number of rotatable bonds is 4. The molecule has 0 saturated heterocycles. The topological polar surface area (TPSA) is 64.5 Å². The minimum atomic E-state index is -0.242. The normalized spacial score (nSPS) is 13.8. The molecule has 0 unspecified atom stereocenters. The smallest absolute Gasteiger partial charge is 0.260 e. The molecule has 8 nitrogen and oxygen atoms in total. The van der Waals surface area contributed by atoms with Crippen LogP contribution in [-0.4, -0.2) is 33.4 Å². The number of fused-ring (bicyclic) bond motifs is 8. The van der Waals surface area contributed by atoms with Gasteiger partial charge in [-0.2, -0.15) is 0 Å². The molecule has 3 aromatic heterocycles. The van der Waals surface area contributed by atoms with Crippen molar-refractivity contribution in [2.24, 2.45) is 0 Å². The van der Waals surface area contributed by atoms with Crippen LogP contribution in [-0.2, 0) is 0 Å². The molecule has 6 aromatic carbocycles. The Morgan fingerprint density at radius 2 is 0.850 bits per heavy atom. The first-order valence-corrected chi connectivity index (χ1v) is 20.3. The number of aromatic nitrogens is 4. The van der Waals surface area contributed by atoms with Crippen molar-refractivity contribution < 1.29 is 0 Å². The SMILES string of the molecule is c1ccc(N2c3ccccc3B3c4cc5c(nc4N(c4ccccc4)c4cccc2c43)N(c2ccccc2)c2ccnc3c2B5c2cncnc2N3c2ccccc2)cc1. The third-order valence-corrected chi connectivity index (χ3v) is 12.4. The van der Waals surface area contributed by atoms with Crippen LogP contribution in [0.4, 0.5) is 68.8 Å². The molecule has 9 aromatic rings. The molecular formula is C50H32B2N8. The highest BCUT2D eigenvalue weighted by Gasteiger charge is 2.49. The van der Waals surface area contributed by atoms with Crippen LogP contribution in [0.3, 0.4) is 0 Å². The van der Waals surface area contributed by atoms with E-state index in [1.807, 2.05) is 18.5 Å². The lowest BCUT2D eigenvalue weighted by molar-refractivity contribution is 1.08. The maximum atomic E-state index is 5.93. The number of nitrogens with zero attached hydrogens (tertiary/aromatic N) is 8. The molecule has 0 saturated carbocycles. The van der Waals surface area contributed by atoms with Crippen molar-refractivity contribution in [1.82, 2.24) is 19.9 Å². The Labute approximate surface area is 347 Å². The van der Waals surface area contributed by atoms with E-state index in [9.17, 15) is 0 Å². The van der Waals surface area contributed by atoms with Crippen LogP contribution in [0.1, 0.15) is 0 Å². The van der Waals surface area contributed by atoms with Gasteiger partial charge in [0.25, 0.3) is 13.4 Å².